The molecule has 0 heterocycles. The van der Waals surface area contributed by atoms with E-state index < -0.39 is 16.3 Å². The third-order valence-corrected chi connectivity index (χ3v) is 5.06. The van der Waals surface area contributed by atoms with Gasteiger partial charge in [-0.2, -0.15) is 0 Å². The summed E-state index contributed by atoms with van der Waals surface area (Å²) in [4.78, 5) is 12.1. The lowest BCUT2D eigenvalue weighted by atomic mass is 10.0. The second kappa shape index (κ2) is 9.57. The van der Waals surface area contributed by atoms with Crippen LogP contribution < -0.4 is 20.5 Å². The molecule has 2 aromatic carbocycles. The van der Waals surface area contributed by atoms with E-state index in [0.717, 1.165) is 16.9 Å². The lowest BCUT2D eigenvalue weighted by Crippen LogP contribution is -2.44. The monoisotopic (exact) mass is 405 g/mol. The maximum absolute atomic E-state index is 12.0. The second-order valence-corrected chi connectivity index (χ2v) is 8.35. The van der Waals surface area contributed by atoms with Crippen molar-refractivity contribution >= 4 is 16.1 Å². The molecule has 0 aromatic heterocycles. The molecule has 28 heavy (non-hydrogen) atoms. The van der Waals surface area contributed by atoms with Gasteiger partial charge in [-0.3, -0.25) is 0 Å². The number of carbonyl (C=O) groups is 1. The normalized spacial score (nSPS) is 12.5. The summed E-state index contributed by atoms with van der Waals surface area (Å²) in [6, 6.07) is 13.7. The largest absolute Gasteiger partial charge is 0.471 e. The fourth-order valence-electron chi connectivity index (χ4n) is 2.69. The first kappa shape index (κ1) is 21.7. The molecule has 0 bridgehead atoms. The number of carbonyl (C=O) groups excluding carboxylic acids is 1. The van der Waals surface area contributed by atoms with Crippen molar-refractivity contribution in [2.75, 3.05) is 6.54 Å². The average Bonchev–Trinajstić information content (AvgIpc) is 2.61. The number of rotatable bonds is 8. The van der Waals surface area contributed by atoms with Crippen molar-refractivity contribution in [2.24, 2.45) is 5.14 Å². The summed E-state index contributed by atoms with van der Waals surface area (Å²) in [5, 5.41) is 10.6. The van der Waals surface area contributed by atoms with Crippen molar-refractivity contribution in [3.8, 4) is 5.75 Å². The van der Waals surface area contributed by atoms with Gasteiger partial charge in [0.05, 0.1) is 4.90 Å². The van der Waals surface area contributed by atoms with Gasteiger partial charge in [-0.15, -0.1) is 0 Å². The summed E-state index contributed by atoms with van der Waals surface area (Å²) < 4.78 is 28.3. The maximum atomic E-state index is 12.0. The minimum absolute atomic E-state index is 0.0644. The van der Waals surface area contributed by atoms with E-state index in [4.69, 9.17) is 9.88 Å². The van der Waals surface area contributed by atoms with Gasteiger partial charge in [0, 0.05) is 6.54 Å². The molecular formula is C20H27N3O4S. The molecule has 2 amide bonds. The molecule has 8 heteroatoms. The number of amides is 2. The molecular weight excluding hydrogens is 378 g/mol. The molecule has 0 aliphatic carbocycles. The molecule has 0 saturated heterocycles. The van der Waals surface area contributed by atoms with E-state index in [2.05, 4.69) is 24.5 Å². The van der Waals surface area contributed by atoms with Crippen molar-refractivity contribution in [2.45, 2.75) is 44.2 Å². The van der Waals surface area contributed by atoms with Gasteiger partial charge in [-0.05, 0) is 48.6 Å². The SMILES string of the molecule is CC(NC(=O)NCCc1ccc(S(N)(=O)=O)cc1)Oc1ccccc1C(C)C. The lowest BCUT2D eigenvalue weighted by Gasteiger charge is -2.20. The molecule has 1 unspecified atom stereocenters. The van der Waals surface area contributed by atoms with Crippen LogP contribution in [0, 0.1) is 0 Å². The molecule has 1 atom stereocenters. The number of para-hydroxylation sites is 1. The number of ether oxygens (including phenoxy) is 1. The third-order valence-electron chi connectivity index (χ3n) is 4.13. The molecule has 152 valence electrons. The van der Waals surface area contributed by atoms with Crippen LogP contribution in [0.2, 0.25) is 0 Å². The van der Waals surface area contributed by atoms with Gasteiger partial charge in [-0.1, -0.05) is 44.2 Å². The number of hydrogen-bond donors (Lipinski definition) is 3. The zero-order valence-electron chi connectivity index (χ0n) is 16.3. The Hall–Kier alpha value is -2.58. The number of hydrogen-bond acceptors (Lipinski definition) is 4. The van der Waals surface area contributed by atoms with Crippen molar-refractivity contribution in [1.82, 2.24) is 10.6 Å². The predicted octanol–water partition coefficient (Wildman–Crippen LogP) is 2.72. The zero-order chi connectivity index (χ0) is 20.7. The van der Waals surface area contributed by atoms with Gasteiger partial charge < -0.3 is 15.4 Å². The number of nitrogens with two attached hydrogens (primary N) is 1. The van der Waals surface area contributed by atoms with E-state index in [1.165, 1.54) is 12.1 Å². The van der Waals surface area contributed by atoms with Crippen LogP contribution in [0.5, 0.6) is 5.75 Å². The fourth-order valence-corrected chi connectivity index (χ4v) is 3.20. The van der Waals surface area contributed by atoms with Gasteiger partial charge in [0.1, 0.15) is 5.75 Å². The topological polar surface area (TPSA) is 111 Å². The van der Waals surface area contributed by atoms with Gasteiger partial charge in [0.25, 0.3) is 0 Å². The van der Waals surface area contributed by atoms with Crippen LogP contribution in [0.15, 0.2) is 53.4 Å². The van der Waals surface area contributed by atoms with E-state index in [1.54, 1.807) is 19.1 Å². The number of sulfonamides is 1. The van der Waals surface area contributed by atoms with Crippen LogP contribution >= 0.6 is 0 Å². The Bertz CT molecular complexity index is 896. The zero-order valence-corrected chi connectivity index (χ0v) is 17.1. The molecule has 2 aromatic rings. The Morgan fingerprint density at radius 2 is 1.71 bits per heavy atom. The van der Waals surface area contributed by atoms with Crippen LogP contribution in [0.3, 0.4) is 0 Å². The van der Waals surface area contributed by atoms with E-state index in [-0.39, 0.29) is 10.9 Å². The Balaban J connectivity index is 1.79. The quantitative estimate of drug-likeness (QED) is 0.586. The van der Waals surface area contributed by atoms with Crippen molar-refractivity contribution < 1.29 is 17.9 Å². The highest BCUT2D eigenvalue weighted by molar-refractivity contribution is 7.89. The van der Waals surface area contributed by atoms with Crippen molar-refractivity contribution in [3.63, 3.8) is 0 Å². The first-order valence-electron chi connectivity index (χ1n) is 9.08. The molecule has 0 fully saturated rings. The van der Waals surface area contributed by atoms with E-state index in [1.807, 2.05) is 24.3 Å². The Morgan fingerprint density at radius 3 is 2.32 bits per heavy atom. The van der Waals surface area contributed by atoms with Gasteiger partial charge in [0.2, 0.25) is 10.0 Å². The number of nitrogens with one attached hydrogen (secondary N) is 2. The van der Waals surface area contributed by atoms with Crippen LogP contribution in [0.4, 0.5) is 4.79 Å². The minimum atomic E-state index is -3.70. The van der Waals surface area contributed by atoms with Gasteiger partial charge in [-0.25, -0.2) is 18.4 Å². The van der Waals surface area contributed by atoms with E-state index in [0.29, 0.717) is 18.9 Å². The van der Waals surface area contributed by atoms with Crippen LogP contribution in [0.25, 0.3) is 0 Å². The molecule has 0 spiro atoms. The molecule has 0 aliphatic rings. The maximum Gasteiger partial charge on any atom is 0.317 e. The molecule has 7 nitrogen and oxygen atoms in total. The van der Waals surface area contributed by atoms with Gasteiger partial charge >= 0.3 is 6.03 Å². The summed E-state index contributed by atoms with van der Waals surface area (Å²) in [6.45, 7) is 6.34. The van der Waals surface area contributed by atoms with E-state index in [9.17, 15) is 13.2 Å². The lowest BCUT2D eigenvalue weighted by molar-refractivity contribution is 0.175. The molecule has 0 saturated carbocycles. The Kier molecular flexibility index (Phi) is 7.42. The summed E-state index contributed by atoms with van der Waals surface area (Å²) in [5.41, 5.74) is 1.97. The minimum Gasteiger partial charge on any atom is -0.471 e. The summed E-state index contributed by atoms with van der Waals surface area (Å²) in [5.74, 6) is 1.07. The average molecular weight is 406 g/mol. The first-order chi connectivity index (χ1) is 13.2. The van der Waals surface area contributed by atoms with Crippen LogP contribution in [-0.2, 0) is 16.4 Å². The van der Waals surface area contributed by atoms with Crippen molar-refractivity contribution in [1.29, 1.82) is 0 Å². The first-order valence-corrected chi connectivity index (χ1v) is 10.6. The highest BCUT2D eigenvalue weighted by Gasteiger charge is 2.12. The number of benzene rings is 2. The van der Waals surface area contributed by atoms with Gasteiger partial charge in [0.15, 0.2) is 6.23 Å². The molecule has 2 rings (SSSR count). The third kappa shape index (κ3) is 6.54. The van der Waals surface area contributed by atoms with Crippen LogP contribution in [0.1, 0.15) is 37.8 Å². The smallest absolute Gasteiger partial charge is 0.317 e. The van der Waals surface area contributed by atoms with Crippen LogP contribution in [-0.4, -0.2) is 27.2 Å². The second-order valence-electron chi connectivity index (χ2n) is 6.79. The highest BCUT2D eigenvalue weighted by atomic mass is 32.2. The fraction of sp³-hybridized carbons (Fsp3) is 0.350. The molecule has 4 N–H and O–H groups in total. The number of urea groups is 1. The summed E-state index contributed by atoms with van der Waals surface area (Å²) in [7, 11) is -3.70. The Labute approximate surface area is 166 Å². The predicted molar refractivity (Wildman–Crippen MR) is 109 cm³/mol. The summed E-state index contributed by atoms with van der Waals surface area (Å²) >= 11 is 0. The summed E-state index contributed by atoms with van der Waals surface area (Å²) in [6.07, 6.45) is 0.0675. The standard InChI is InChI=1S/C20H27N3O4S/c1-14(2)18-6-4-5-7-19(18)27-15(3)23-20(24)22-13-12-16-8-10-17(11-9-16)28(21,25)26/h4-11,14-15H,12-13H2,1-3H3,(H2,21,25,26)(H2,22,23,24). The Morgan fingerprint density at radius 1 is 1.07 bits per heavy atom. The number of primary sulfonamides is 1. The highest BCUT2D eigenvalue weighted by Crippen LogP contribution is 2.26. The van der Waals surface area contributed by atoms with E-state index >= 15 is 0 Å². The molecule has 0 aliphatic heterocycles. The molecule has 0 radical (unpaired) electrons. The van der Waals surface area contributed by atoms with Crippen molar-refractivity contribution in [3.05, 3.63) is 59.7 Å².